The lowest BCUT2D eigenvalue weighted by atomic mass is 10.1. The predicted octanol–water partition coefficient (Wildman–Crippen LogP) is 3.69. The molecule has 2 rings (SSSR count). The van der Waals surface area contributed by atoms with Gasteiger partial charge in [0.2, 0.25) is 5.75 Å². The lowest BCUT2D eigenvalue weighted by Gasteiger charge is -2.16. The fourth-order valence-corrected chi connectivity index (χ4v) is 3.32. The van der Waals surface area contributed by atoms with Crippen LogP contribution in [0.1, 0.15) is 38.2 Å². The quantitative estimate of drug-likeness (QED) is 0.363. The summed E-state index contributed by atoms with van der Waals surface area (Å²) in [6, 6.07) is 3.62. The molecule has 0 aliphatic carbocycles. The minimum atomic E-state index is -0.0762. The largest absolute Gasteiger partial charge is 0.493 e. The van der Waals surface area contributed by atoms with Crippen LogP contribution in [0.2, 0.25) is 0 Å². The van der Waals surface area contributed by atoms with Crippen molar-refractivity contribution in [3.63, 3.8) is 0 Å². The fraction of sp³-hybridized carbons (Fsp3) is 0.500. The second-order valence-corrected chi connectivity index (χ2v) is 6.71. The number of benzene rings is 1. The Morgan fingerprint density at radius 1 is 1.04 bits per heavy atom. The van der Waals surface area contributed by atoms with Crippen molar-refractivity contribution in [3.05, 3.63) is 23.4 Å². The van der Waals surface area contributed by atoms with E-state index < -0.39 is 0 Å². The number of amides is 1. The van der Waals surface area contributed by atoms with Gasteiger partial charge in [-0.3, -0.25) is 9.69 Å². The molecule has 1 aromatic carbocycles. The number of nitrogens with zero attached hydrogens (tertiary/aromatic N) is 2. The van der Waals surface area contributed by atoms with E-state index in [-0.39, 0.29) is 5.91 Å². The molecule has 0 N–H and O–H groups in total. The van der Waals surface area contributed by atoms with Crippen LogP contribution in [0.4, 0.5) is 0 Å². The Labute approximate surface area is 166 Å². The summed E-state index contributed by atoms with van der Waals surface area (Å²) >= 11 is 5.47. The van der Waals surface area contributed by atoms with E-state index in [9.17, 15) is 4.79 Å². The monoisotopic (exact) mass is 392 g/mol. The van der Waals surface area contributed by atoms with E-state index in [4.69, 9.17) is 26.4 Å². The number of ether oxygens (including phenoxy) is 3. The summed E-state index contributed by atoms with van der Waals surface area (Å²) in [5.74, 6) is 1.51. The third-order valence-electron chi connectivity index (χ3n) is 4.57. The second kappa shape index (κ2) is 9.60. The van der Waals surface area contributed by atoms with Crippen molar-refractivity contribution in [2.45, 2.75) is 32.6 Å². The molecule has 0 saturated carbocycles. The first kappa shape index (κ1) is 21.0. The smallest absolute Gasteiger partial charge is 0.276 e. The van der Waals surface area contributed by atoms with Crippen molar-refractivity contribution in [2.75, 3.05) is 34.9 Å². The van der Waals surface area contributed by atoms with Crippen molar-refractivity contribution >= 4 is 29.3 Å². The maximum absolute atomic E-state index is 12.9. The summed E-state index contributed by atoms with van der Waals surface area (Å²) in [6.07, 6.45) is 6.16. The maximum atomic E-state index is 12.9. The van der Waals surface area contributed by atoms with Crippen LogP contribution in [0.25, 0.3) is 6.08 Å². The van der Waals surface area contributed by atoms with E-state index in [1.807, 2.05) is 19.2 Å². The summed E-state index contributed by atoms with van der Waals surface area (Å²) in [4.78, 5) is 16.3. The van der Waals surface area contributed by atoms with Crippen LogP contribution < -0.4 is 14.2 Å². The zero-order chi connectivity index (χ0) is 20.0. The zero-order valence-electron chi connectivity index (χ0n) is 16.7. The number of hydrogen-bond donors (Lipinski definition) is 0. The van der Waals surface area contributed by atoms with Gasteiger partial charge < -0.3 is 19.1 Å². The normalized spacial score (nSPS) is 15.7. The number of rotatable bonds is 9. The van der Waals surface area contributed by atoms with Gasteiger partial charge in [0.15, 0.2) is 16.6 Å². The van der Waals surface area contributed by atoms with Crippen LogP contribution in [-0.2, 0) is 4.79 Å². The topological polar surface area (TPSA) is 51.2 Å². The Balaban J connectivity index is 2.30. The molecule has 0 bridgehead atoms. The van der Waals surface area contributed by atoms with Gasteiger partial charge in [-0.15, -0.1) is 0 Å². The average molecular weight is 393 g/mol. The molecular weight excluding hydrogens is 364 g/mol. The highest BCUT2D eigenvalue weighted by Crippen LogP contribution is 2.39. The molecule has 7 heteroatoms. The number of carbonyl (C=O) groups excluding carboxylic acids is 1. The molecule has 0 aromatic heterocycles. The Kier molecular flexibility index (Phi) is 7.47. The van der Waals surface area contributed by atoms with E-state index >= 15 is 0 Å². The third kappa shape index (κ3) is 4.53. The Morgan fingerprint density at radius 2 is 1.67 bits per heavy atom. The lowest BCUT2D eigenvalue weighted by molar-refractivity contribution is -0.122. The van der Waals surface area contributed by atoms with Gasteiger partial charge in [-0.05, 0) is 42.4 Å². The van der Waals surface area contributed by atoms with Gasteiger partial charge in [0.1, 0.15) is 5.70 Å². The van der Waals surface area contributed by atoms with Crippen molar-refractivity contribution in [1.82, 2.24) is 9.80 Å². The molecule has 6 nitrogen and oxygen atoms in total. The van der Waals surface area contributed by atoms with E-state index in [2.05, 4.69) is 6.92 Å². The van der Waals surface area contributed by atoms with Crippen LogP contribution in [0.5, 0.6) is 17.2 Å². The summed E-state index contributed by atoms with van der Waals surface area (Å²) in [5, 5.41) is 0.537. The van der Waals surface area contributed by atoms with Gasteiger partial charge >= 0.3 is 0 Å². The predicted molar refractivity (Wildman–Crippen MR) is 110 cm³/mol. The van der Waals surface area contributed by atoms with Gasteiger partial charge in [-0.1, -0.05) is 26.2 Å². The number of thiocarbonyl (C=S) groups is 1. The molecule has 1 aliphatic rings. The maximum Gasteiger partial charge on any atom is 0.276 e. The van der Waals surface area contributed by atoms with E-state index in [1.165, 1.54) is 6.42 Å². The van der Waals surface area contributed by atoms with E-state index in [0.717, 1.165) is 24.8 Å². The van der Waals surface area contributed by atoms with Crippen LogP contribution in [0.15, 0.2) is 17.8 Å². The van der Waals surface area contributed by atoms with Crippen LogP contribution in [0, 0.1) is 0 Å². The van der Waals surface area contributed by atoms with Crippen molar-refractivity contribution in [3.8, 4) is 17.2 Å². The average Bonchev–Trinajstić information content (AvgIpc) is 2.88. The van der Waals surface area contributed by atoms with Gasteiger partial charge in [0.05, 0.1) is 21.3 Å². The first-order valence-corrected chi connectivity index (χ1v) is 9.50. The van der Waals surface area contributed by atoms with Crippen molar-refractivity contribution in [2.24, 2.45) is 0 Å². The second-order valence-electron chi connectivity index (χ2n) is 6.35. The third-order valence-corrected chi connectivity index (χ3v) is 5.06. The molecule has 1 aromatic rings. The molecule has 0 spiro atoms. The molecule has 0 radical (unpaired) electrons. The number of methoxy groups -OCH3 is 3. The highest BCUT2D eigenvalue weighted by molar-refractivity contribution is 7.80. The standard InChI is InChI=1S/C20H28N2O4S/c1-6-7-8-9-10-22-19(23)15(21(2)20(22)27)11-14-12-16(24-3)18(26-5)17(13-14)25-4/h11-13H,6-10H2,1-5H3/b15-11+. The van der Waals surface area contributed by atoms with Crippen LogP contribution in [0.3, 0.4) is 0 Å². The zero-order valence-corrected chi connectivity index (χ0v) is 17.5. The summed E-state index contributed by atoms with van der Waals surface area (Å²) in [5.41, 5.74) is 1.31. The molecule has 1 amide bonds. The highest BCUT2D eigenvalue weighted by atomic mass is 32.1. The van der Waals surface area contributed by atoms with Gasteiger partial charge in [0.25, 0.3) is 5.91 Å². The first-order chi connectivity index (χ1) is 13.0. The molecule has 1 fully saturated rings. The number of carbonyl (C=O) groups is 1. The fourth-order valence-electron chi connectivity index (χ4n) is 3.05. The lowest BCUT2D eigenvalue weighted by Crippen LogP contribution is -2.32. The Morgan fingerprint density at radius 3 is 2.19 bits per heavy atom. The molecule has 1 saturated heterocycles. The summed E-state index contributed by atoms with van der Waals surface area (Å²) in [6.45, 7) is 2.81. The molecule has 1 aliphatic heterocycles. The number of hydrogen-bond acceptors (Lipinski definition) is 5. The number of unbranched alkanes of at least 4 members (excludes halogenated alkanes) is 3. The summed E-state index contributed by atoms with van der Waals surface area (Å²) < 4.78 is 16.1. The van der Waals surface area contributed by atoms with E-state index in [0.29, 0.717) is 34.6 Å². The molecule has 27 heavy (non-hydrogen) atoms. The van der Waals surface area contributed by atoms with Gasteiger partial charge in [-0.25, -0.2) is 0 Å². The number of likely N-dealkylation sites (N-methyl/N-ethyl adjacent to an activating group) is 1. The molecule has 0 unspecified atom stereocenters. The van der Waals surface area contributed by atoms with Gasteiger partial charge in [0, 0.05) is 13.6 Å². The summed E-state index contributed by atoms with van der Waals surface area (Å²) in [7, 11) is 6.50. The molecule has 1 heterocycles. The Bertz CT molecular complexity index is 708. The van der Waals surface area contributed by atoms with Crippen LogP contribution >= 0.6 is 12.2 Å². The first-order valence-electron chi connectivity index (χ1n) is 9.09. The van der Waals surface area contributed by atoms with Crippen molar-refractivity contribution in [1.29, 1.82) is 0 Å². The molecular formula is C20H28N2O4S. The van der Waals surface area contributed by atoms with Crippen LogP contribution in [-0.4, -0.2) is 55.7 Å². The molecule has 0 atom stereocenters. The Hall–Kier alpha value is -2.28. The minimum Gasteiger partial charge on any atom is -0.493 e. The van der Waals surface area contributed by atoms with Gasteiger partial charge in [-0.2, -0.15) is 0 Å². The molecule has 148 valence electrons. The van der Waals surface area contributed by atoms with E-state index in [1.54, 1.807) is 37.2 Å². The minimum absolute atomic E-state index is 0.0762. The highest BCUT2D eigenvalue weighted by Gasteiger charge is 2.35. The SMILES string of the molecule is CCCCCCN1C(=O)/C(=C\c2cc(OC)c(OC)c(OC)c2)N(C)C1=S. The van der Waals surface area contributed by atoms with Crippen molar-refractivity contribution < 1.29 is 19.0 Å².